The Morgan fingerprint density at radius 3 is 2.87 bits per heavy atom. The van der Waals surface area contributed by atoms with Crippen molar-refractivity contribution in [2.24, 2.45) is 5.41 Å². The van der Waals surface area contributed by atoms with Crippen molar-refractivity contribution in [1.29, 1.82) is 0 Å². The molecule has 0 aliphatic carbocycles. The molecule has 23 heavy (non-hydrogen) atoms. The molecule has 124 valence electrons. The van der Waals surface area contributed by atoms with Crippen LogP contribution in [0.5, 0.6) is 0 Å². The smallest absolute Gasteiger partial charge is 0.246 e. The third kappa shape index (κ3) is 2.56. The van der Waals surface area contributed by atoms with Crippen molar-refractivity contribution in [3.63, 3.8) is 0 Å². The molecule has 1 aromatic rings. The molecular formula is C17H25N5O. The lowest BCUT2D eigenvalue weighted by Crippen LogP contribution is -2.54. The molecule has 1 aromatic heterocycles. The fourth-order valence-electron chi connectivity index (χ4n) is 3.94. The zero-order chi connectivity index (χ0) is 16.6. The third-order valence-electron chi connectivity index (χ3n) is 5.50. The maximum Gasteiger partial charge on any atom is 0.246 e. The van der Waals surface area contributed by atoms with E-state index in [1.165, 1.54) is 6.08 Å². The van der Waals surface area contributed by atoms with Crippen LogP contribution in [-0.2, 0) is 4.79 Å². The van der Waals surface area contributed by atoms with E-state index in [2.05, 4.69) is 33.7 Å². The molecule has 0 saturated carbocycles. The van der Waals surface area contributed by atoms with E-state index in [9.17, 15) is 4.79 Å². The quantitative estimate of drug-likeness (QED) is 0.862. The molecule has 6 heteroatoms. The second kappa shape index (κ2) is 5.83. The topological polar surface area (TPSA) is 61.4 Å². The summed E-state index contributed by atoms with van der Waals surface area (Å²) in [6.07, 6.45) is 5.18. The summed E-state index contributed by atoms with van der Waals surface area (Å²) in [6.45, 7) is 10.5. The molecule has 2 atom stereocenters. The Kier molecular flexibility index (Phi) is 4.00. The molecule has 3 heterocycles. The number of anilines is 2. The highest BCUT2D eigenvalue weighted by Crippen LogP contribution is 2.45. The summed E-state index contributed by atoms with van der Waals surface area (Å²) in [5, 5.41) is 3.12. The van der Waals surface area contributed by atoms with Gasteiger partial charge in [0.05, 0.1) is 6.04 Å². The number of amides is 1. The van der Waals surface area contributed by atoms with Gasteiger partial charge in [-0.1, -0.05) is 13.5 Å². The second-order valence-electron chi connectivity index (χ2n) is 6.77. The van der Waals surface area contributed by atoms with Crippen molar-refractivity contribution >= 4 is 17.5 Å². The molecule has 2 fully saturated rings. The summed E-state index contributed by atoms with van der Waals surface area (Å²) in [6, 6.07) is 0.290. The normalized spacial score (nSPS) is 26.8. The Bertz CT molecular complexity index is 631. The van der Waals surface area contributed by atoms with Gasteiger partial charge < -0.3 is 15.1 Å². The third-order valence-corrected chi connectivity index (χ3v) is 5.50. The Hall–Kier alpha value is -2.11. The fourth-order valence-corrected chi connectivity index (χ4v) is 3.94. The maximum absolute atomic E-state index is 12.0. The first-order chi connectivity index (χ1) is 11.0. The molecule has 2 aliphatic rings. The minimum atomic E-state index is 0.0224. The summed E-state index contributed by atoms with van der Waals surface area (Å²) in [5.41, 5.74) is 1.29. The zero-order valence-electron chi connectivity index (χ0n) is 14.2. The van der Waals surface area contributed by atoms with Crippen LogP contribution in [0.25, 0.3) is 0 Å². The summed E-state index contributed by atoms with van der Waals surface area (Å²) in [4.78, 5) is 25.1. The molecule has 1 amide bonds. The lowest BCUT2D eigenvalue weighted by atomic mass is 9.76. The average molecular weight is 315 g/mol. The number of rotatable bonds is 3. The van der Waals surface area contributed by atoms with Crippen molar-refractivity contribution in [2.75, 3.05) is 36.9 Å². The minimum absolute atomic E-state index is 0.0224. The number of carbonyl (C=O) groups excluding carboxylic acids is 1. The van der Waals surface area contributed by atoms with Crippen molar-refractivity contribution in [3.8, 4) is 0 Å². The Labute approximate surface area is 137 Å². The first kappa shape index (κ1) is 15.8. The van der Waals surface area contributed by atoms with E-state index >= 15 is 0 Å². The molecule has 3 rings (SSSR count). The van der Waals surface area contributed by atoms with Crippen molar-refractivity contribution < 1.29 is 4.79 Å². The van der Waals surface area contributed by atoms with E-state index in [1.807, 2.05) is 18.9 Å². The van der Waals surface area contributed by atoms with Gasteiger partial charge in [0, 0.05) is 32.2 Å². The monoisotopic (exact) mass is 315 g/mol. The Balaban J connectivity index is 1.92. The van der Waals surface area contributed by atoms with Crippen LogP contribution in [0, 0.1) is 12.3 Å². The van der Waals surface area contributed by atoms with Gasteiger partial charge in [0.15, 0.2) is 0 Å². The molecule has 0 aromatic carbocycles. The molecule has 6 nitrogen and oxygen atoms in total. The van der Waals surface area contributed by atoms with Crippen LogP contribution in [0.15, 0.2) is 19.0 Å². The van der Waals surface area contributed by atoms with Crippen LogP contribution in [0.3, 0.4) is 0 Å². The summed E-state index contributed by atoms with van der Waals surface area (Å²) in [7, 11) is 1.87. The highest BCUT2D eigenvalue weighted by Gasteiger charge is 2.48. The number of nitrogens with zero attached hydrogens (tertiary/aromatic N) is 4. The van der Waals surface area contributed by atoms with Crippen LogP contribution in [-0.4, -0.2) is 53.5 Å². The van der Waals surface area contributed by atoms with Crippen LogP contribution in [0.2, 0.25) is 0 Å². The Morgan fingerprint density at radius 2 is 2.17 bits per heavy atom. The lowest BCUT2D eigenvalue weighted by Gasteiger charge is -2.44. The largest absolute Gasteiger partial charge is 0.373 e. The molecule has 0 bridgehead atoms. The van der Waals surface area contributed by atoms with Crippen molar-refractivity contribution in [3.05, 3.63) is 24.5 Å². The van der Waals surface area contributed by atoms with Gasteiger partial charge in [-0.05, 0) is 31.3 Å². The molecule has 2 aliphatic heterocycles. The summed E-state index contributed by atoms with van der Waals surface area (Å²) in [5.74, 6) is 1.86. The van der Waals surface area contributed by atoms with E-state index in [-0.39, 0.29) is 11.3 Å². The number of aromatic nitrogens is 2. The number of carbonyl (C=O) groups is 1. The first-order valence-electron chi connectivity index (χ1n) is 8.17. The van der Waals surface area contributed by atoms with Crippen LogP contribution >= 0.6 is 0 Å². The second-order valence-corrected chi connectivity index (χ2v) is 6.77. The predicted octanol–water partition coefficient (Wildman–Crippen LogP) is 1.83. The van der Waals surface area contributed by atoms with Gasteiger partial charge in [0.2, 0.25) is 5.91 Å². The van der Waals surface area contributed by atoms with E-state index < -0.39 is 0 Å². The molecule has 2 saturated heterocycles. The lowest BCUT2D eigenvalue weighted by molar-refractivity contribution is -0.128. The Morgan fingerprint density at radius 1 is 1.43 bits per heavy atom. The van der Waals surface area contributed by atoms with Crippen LogP contribution in [0.1, 0.15) is 25.3 Å². The molecule has 0 radical (unpaired) electrons. The number of nitrogens with one attached hydrogen (secondary N) is 1. The number of likely N-dealkylation sites (tertiary alicyclic amines) is 1. The molecule has 1 N–H and O–H groups in total. The van der Waals surface area contributed by atoms with Gasteiger partial charge in [-0.15, -0.1) is 0 Å². The van der Waals surface area contributed by atoms with Crippen molar-refractivity contribution in [1.82, 2.24) is 14.9 Å². The number of hydrogen-bond donors (Lipinski definition) is 1. The highest BCUT2D eigenvalue weighted by molar-refractivity contribution is 5.87. The van der Waals surface area contributed by atoms with Gasteiger partial charge in [-0.25, -0.2) is 9.97 Å². The van der Waals surface area contributed by atoms with Crippen molar-refractivity contribution in [2.45, 2.75) is 32.7 Å². The van der Waals surface area contributed by atoms with Gasteiger partial charge >= 0.3 is 0 Å². The highest BCUT2D eigenvalue weighted by atomic mass is 16.2. The van der Waals surface area contributed by atoms with Gasteiger partial charge in [0.25, 0.3) is 0 Å². The maximum atomic E-state index is 12.0. The van der Waals surface area contributed by atoms with Crippen LogP contribution in [0.4, 0.5) is 11.6 Å². The number of hydrogen-bond acceptors (Lipinski definition) is 5. The number of fused-ring (bicyclic) bond motifs is 1. The summed E-state index contributed by atoms with van der Waals surface area (Å²) < 4.78 is 0. The standard InChI is InChI=1S/C17H25N5O/c1-5-14(23)21-8-6-17(3)7-9-22(13(17)10-21)16-12(2)15(18-4)19-11-20-16/h5,11,13H,1,6-10H2,2-4H3,(H,18,19,20)/t13?,17-/m1/s1. The average Bonchev–Trinajstić information content (AvgIpc) is 2.90. The van der Waals surface area contributed by atoms with Crippen LogP contribution < -0.4 is 10.2 Å². The summed E-state index contributed by atoms with van der Waals surface area (Å²) >= 11 is 0. The van der Waals surface area contributed by atoms with E-state index in [1.54, 1.807) is 6.33 Å². The van der Waals surface area contributed by atoms with Gasteiger partial charge in [0.1, 0.15) is 18.0 Å². The molecule has 1 unspecified atom stereocenters. The predicted molar refractivity (Wildman–Crippen MR) is 91.6 cm³/mol. The van der Waals surface area contributed by atoms with Gasteiger partial charge in [-0.2, -0.15) is 0 Å². The minimum Gasteiger partial charge on any atom is -0.373 e. The molecular weight excluding hydrogens is 290 g/mol. The SMILES string of the molecule is C=CC(=O)N1CC[C@]2(C)CCN(c3ncnc(NC)c3C)C2C1. The molecule has 0 spiro atoms. The van der Waals surface area contributed by atoms with E-state index in [0.29, 0.717) is 6.04 Å². The van der Waals surface area contributed by atoms with E-state index in [4.69, 9.17) is 0 Å². The fraction of sp³-hybridized carbons (Fsp3) is 0.588. The zero-order valence-corrected chi connectivity index (χ0v) is 14.2. The number of piperidine rings is 1. The first-order valence-corrected chi connectivity index (χ1v) is 8.17. The van der Waals surface area contributed by atoms with Gasteiger partial charge in [-0.3, -0.25) is 4.79 Å². The van der Waals surface area contributed by atoms with E-state index in [0.717, 1.165) is 49.7 Å².